The smallest absolute Gasteiger partial charge is 0.338 e. The molecule has 0 saturated carbocycles. The molecule has 1 fully saturated rings. The summed E-state index contributed by atoms with van der Waals surface area (Å²) < 4.78 is 9.13. The van der Waals surface area contributed by atoms with Gasteiger partial charge in [-0.25, -0.2) is 9.79 Å². The molecule has 5 heterocycles. The summed E-state index contributed by atoms with van der Waals surface area (Å²) in [6, 6.07) is 11.1. The molecule has 1 saturated heterocycles. The number of benzene rings is 1. The summed E-state index contributed by atoms with van der Waals surface area (Å²) in [7, 11) is 1.34. The second-order valence-electron chi connectivity index (χ2n) is 9.41. The number of aromatic nitrogens is 2. The van der Waals surface area contributed by atoms with Gasteiger partial charge in [-0.1, -0.05) is 35.6 Å². The Hall–Kier alpha value is -3.76. The molecular weight excluding hydrogens is 520 g/mol. The zero-order chi connectivity index (χ0) is 26.4. The molecule has 0 spiro atoms. The second kappa shape index (κ2) is 9.85. The van der Waals surface area contributed by atoms with Crippen molar-refractivity contribution >= 4 is 51.5 Å². The van der Waals surface area contributed by atoms with Gasteiger partial charge in [0.05, 0.1) is 22.9 Å². The highest BCUT2D eigenvalue weighted by molar-refractivity contribution is 7.10. The van der Waals surface area contributed by atoms with Gasteiger partial charge in [0, 0.05) is 40.6 Å². The van der Waals surface area contributed by atoms with Gasteiger partial charge in [-0.2, -0.15) is 0 Å². The molecule has 4 aromatic rings. The molecule has 38 heavy (non-hydrogen) atoms. The largest absolute Gasteiger partial charge is 0.466 e. The molecule has 1 atom stereocenters. The first kappa shape index (κ1) is 24.6. The lowest BCUT2D eigenvalue weighted by molar-refractivity contribution is -0.136. The number of ether oxygens (including phenoxy) is 1. The average molecular weight is 547 g/mol. The fraction of sp³-hybridized carbons (Fsp3) is 0.286. The molecule has 0 N–H and O–H groups in total. The molecule has 0 radical (unpaired) electrons. The third-order valence-corrected chi connectivity index (χ3v) is 9.02. The SMILES string of the molecule is COC(=O)C1=C(C)N=c2sc(=Cc3cn(CC(=O)N4CCCC4)c4ccccc34)c(=O)n2C1c1cccs1. The maximum Gasteiger partial charge on any atom is 0.338 e. The number of hydrogen-bond donors (Lipinski definition) is 0. The van der Waals surface area contributed by atoms with Crippen LogP contribution in [0.2, 0.25) is 0 Å². The summed E-state index contributed by atoms with van der Waals surface area (Å²) >= 11 is 2.78. The Balaban J connectivity index is 1.48. The van der Waals surface area contributed by atoms with Crippen molar-refractivity contribution in [1.82, 2.24) is 14.0 Å². The predicted octanol–water partition coefficient (Wildman–Crippen LogP) is 3.05. The molecule has 1 unspecified atom stereocenters. The minimum absolute atomic E-state index is 0.107. The van der Waals surface area contributed by atoms with Crippen molar-refractivity contribution in [2.75, 3.05) is 20.2 Å². The molecule has 1 amide bonds. The van der Waals surface area contributed by atoms with Crippen LogP contribution < -0.4 is 14.9 Å². The Labute approximate surface area is 226 Å². The molecule has 3 aromatic heterocycles. The lowest BCUT2D eigenvalue weighted by atomic mass is 10.0. The van der Waals surface area contributed by atoms with Crippen LogP contribution in [0.5, 0.6) is 0 Å². The van der Waals surface area contributed by atoms with Crippen molar-refractivity contribution in [3.63, 3.8) is 0 Å². The van der Waals surface area contributed by atoms with E-state index in [9.17, 15) is 14.4 Å². The molecule has 0 aliphatic carbocycles. The van der Waals surface area contributed by atoms with Crippen LogP contribution >= 0.6 is 22.7 Å². The highest BCUT2D eigenvalue weighted by Crippen LogP contribution is 2.33. The quantitative estimate of drug-likeness (QED) is 0.360. The van der Waals surface area contributed by atoms with Crippen LogP contribution in [0.4, 0.5) is 0 Å². The highest BCUT2D eigenvalue weighted by Gasteiger charge is 2.33. The Morgan fingerprint density at radius 3 is 2.68 bits per heavy atom. The van der Waals surface area contributed by atoms with Crippen LogP contribution in [0.15, 0.2) is 69.0 Å². The van der Waals surface area contributed by atoms with E-state index in [1.165, 1.54) is 29.8 Å². The lowest BCUT2D eigenvalue weighted by Crippen LogP contribution is -2.39. The Morgan fingerprint density at radius 2 is 1.95 bits per heavy atom. The normalized spacial score (nSPS) is 17.7. The van der Waals surface area contributed by atoms with Crippen molar-refractivity contribution < 1.29 is 14.3 Å². The molecule has 6 rings (SSSR count). The van der Waals surface area contributed by atoms with Gasteiger partial charge in [-0.15, -0.1) is 11.3 Å². The topological polar surface area (TPSA) is 85.9 Å². The van der Waals surface area contributed by atoms with Crippen molar-refractivity contribution in [3.05, 3.63) is 89.4 Å². The number of allylic oxidation sites excluding steroid dienone is 1. The third-order valence-electron chi connectivity index (χ3n) is 7.11. The molecular formula is C28H26N4O4S2. The maximum absolute atomic E-state index is 13.8. The number of rotatable bonds is 5. The molecule has 1 aromatic carbocycles. The zero-order valence-electron chi connectivity index (χ0n) is 21.0. The van der Waals surface area contributed by atoms with Crippen molar-refractivity contribution in [2.24, 2.45) is 4.99 Å². The molecule has 2 aliphatic rings. The summed E-state index contributed by atoms with van der Waals surface area (Å²) in [5.41, 5.74) is 2.49. The van der Waals surface area contributed by atoms with Gasteiger partial charge in [0.2, 0.25) is 5.91 Å². The van der Waals surface area contributed by atoms with Crippen LogP contribution in [0.25, 0.3) is 17.0 Å². The number of thiophene rings is 1. The van der Waals surface area contributed by atoms with Crippen LogP contribution in [-0.2, 0) is 20.9 Å². The summed E-state index contributed by atoms with van der Waals surface area (Å²) in [6.07, 6.45) is 5.91. The highest BCUT2D eigenvalue weighted by atomic mass is 32.1. The van der Waals surface area contributed by atoms with Crippen LogP contribution in [0.3, 0.4) is 0 Å². The van der Waals surface area contributed by atoms with Gasteiger partial charge >= 0.3 is 5.97 Å². The monoisotopic (exact) mass is 546 g/mol. The lowest BCUT2D eigenvalue weighted by Gasteiger charge is -2.22. The number of thiazole rings is 1. The van der Waals surface area contributed by atoms with E-state index in [2.05, 4.69) is 4.99 Å². The predicted molar refractivity (Wildman–Crippen MR) is 148 cm³/mol. The number of nitrogens with zero attached hydrogens (tertiary/aromatic N) is 4. The second-order valence-corrected chi connectivity index (χ2v) is 11.4. The molecule has 0 bridgehead atoms. The minimum Gasteiger partial charge on any atom is -0.466 e. The van der Waals surface area contributed by atoms with Crippen molar-refractivity contribution in [3.8, 4) is 0 Å². The number of carbonyl (C=O) groups is 2. The molecule has 8 nitrogen and oxygen atoms in total. The Kier molecular flexibility index (Phi) is 6.37. The fourth-order valence-corrected chi connectivity index (χ4v) is 7.14. The minimum atomic E-state index is -0.597. The van der Waals surface area contributed by atoms with Gasteiger partial charge in [0.15, 0.2) is 4.80 Å². The Morgan fingerprint density at radius 1 is 1.16 bits per heavy atom. The Bertz CT molecular complexity index is 1770. The first-order valence-corrected chi connectivity index (χ1v) is 14.2. The summed E-state index contributed by atoms with van der Waals surface area (Å²) in [4.78, 5) is 47.4. The van der Waals surface area contributed by atoms with Crippen LogP contribution in [0, 0.1) is 0 Å². The number of likely N-dealkylation sites (tertiary alicyclic amines) is 1. The first-order valence-electron chi connectivity index (χ1n) is 12.5. The van der Waals surface area contributed by atoms with Gasteiger partial charge in [0.1, 0.15) is 12.6 Å². The van der Waals surface area contributed by atoms with Crippen molar-refractivity contribution in [1.29, 1.82) is 0 Å². The summed E-state index contributed by atoms with van der Waals surface area (Å²) in [6.45, 7) is 3.65. The zero-order valence-corrected chi connectivity index (χ0v) is 22.7. The fourth-order valence-electron chi connectivity index (χ4n) is 5.28. The van der Waals surface area contributed by atoms with Gasteiger partial charge in [0.25, 0.3) is 5.56 Å². The molecule has 194 valence electrons. The first-order chi connectivity index (χ1) is 18.5. The van der Waals surface area contributed by atoms with E-state index in [4.69, 9.17) is 4.74 Å². The number of methoxy groups -OCH3 is 1. The van der Waals surface area contributed by atoms with Crippen LogP contribution in [0.1, 0.15) is 36.2 Å². The number of carbonyl (C=O) groups excluding carboxylic acids is 2. The van der Waals surface area contributed by atoms with Gasteiger partial charge in [-0.05, 0) is 43.4 Å². The number of hydrogen-bond acceptors (Lipinski definition) is 7. The number of para-hydroxylation sites is 1. The van der Waals surface area contributed by atoms with E-state index < -0.39 is 12.0 Å². The van der Waals surface area contributed by atoms with E-state index in [1.807, 2.05) is 63.5 Å². The van der Waals surface area contributed by atoms with Gasteiger partial charge < -0.3 is 14.2 Å². The number of esters is 1. The van der Waals surface area contributed by atoms with E-state index >= 15 is 0 Å². The maximum atomic E-state index is 13.8. The van der Waals surface area contributed by atoms with E-state index in [0.717, 1.165) is 47.3 Å². The van der Waals surface area contributed by atoms with E-state index in [1.54, 1.807) is 11.5 Å². The van der Waals surface area contributed by atoms with E-state index in [0.29, 0.717) is 20.6 Å². The van der Waals surface area contributed by atoms with Crippen LogP contribution in [-0.4, -0.2) is 46.1 Å². The molecule has 10 heteroatoms. The van der Waals surface area contributed by atoms with E-state index in [-0.39, 0.29) is 18.0 Å². The summed E-state index contributed by atoms with van der Waals surface area (Å²) in [5, 5.41) is 2.89. The third kappa shape index (κ3) is 4.13. The van der Waals surface area contributed by atoms with Gasteiger partial charge in [-0.3, -0.25) is 14.2 Å². The number of fused-ring (bicyclic) bond motifs is 2. The summed E-state index contributed by atoms with van der Waals surface area (Å²) in [5.74, 6) is -0.388. The number of amides is 1. The standard InChI is InChI=1S/C28H26N4O4S2/c1-17-24(27(35)36-2)25(21-10-7-13-37-21)32-26(34)22(38-28(32)29-17)14-18-15-31(20-9-4-3-8-19(18)20)16-23(33)30-11-5-6-12-30/h3-4,7-10,13-15,25H,5-6,11-12,16H2,1-2H3. The molecule has 2 aliphatic heterocycles. The average Bonchev–Trinajstić information content (AvgIpc) is 3.72. The van der Waals surface area contributed by atoms with Crippen molar-refractivity contribution in [2.45, 2.75) is 32.4 Å².